The predicted octanol–water partition coefficient (Wildman–Crippen LogP) is 3.47. The number of amides is 2. The first-order chi connectivity index (χ1) is 10.5. The zero-order chi connectivity index (χ0) is 15.9. The van der Waals surface area contributed by atoms with Crippen molar-refractivity contribution in [2.24, 2.45) is 0 Å². The highest BCUT2D eigenvalue weighted by Gasteiger charge is 2.05. The second-order valence-electron chi connectivity index (χ2n) is 4.67. The van der Waals surface area contributed by atoms with E-state index in [9.17, 15) is 13.6 Å². The largest absolute Gasteiger partial charge is 0.492 e. The van der Waals surface area contributed by atoms with Crippen molar-refractivity contribution >= 4 is 11.7 Å². The number of halogens is 2. The highest BCUT2D eigenvalue weighted by Crippen LogP contribution is 2.13. The van der Waals surface area contributed by atoms with Gasteiger partial charge in [-0.05, 0) is 31.2 Å². The second kappa shape index (κ2) is 7.40. The van der Waals surface area contributed by atoms with Crippen LogP contribution >= 0.6 is 0 Å². The van der Waals surface area contributed by atoms with Crippen molar-refractivity contribution < 1.29 is 18.3 Å². The van der Waals surface area contributed by atoms with Crippen LogP contribution in [0.4, 0.5) is 19.3 Å². The van der Waals surface area contributed by atoms with Gasteiger partial charge in [-0.1, -0.05) is 17.7 Å². The number of carbonyl (C=O) groups excluding carboxylic acids is 1. The topological polar surface area (TPSA) is 50.4 Å². The number of hydrogen-bond acceptors (Lipinski definition) is 2. The smallest absolute Gasteiger partial charge is 0.319 e. The summed E-state index contributed by atoms with van der Waals surface area (Å²) in [5.74, 6) is -1.26. The van der Waals surface area contributed by atoms with Crippen LogP contribution in [0.5, 0.6) is 5.75 Å². The first-order valence-electron chi connectivity index (χ1n) is 6.74. The van der Waals surface area contributed by atoms with Gasteiger partial charge in [0.1, 0.15) is 12.4 Å². The number of nitrogens with one attached hydrogen (secondary N) is 2. The summed E-state index contributed by atoms with van der Waals surface area (Å²) in [6.07, 6.45) is 0. The first-order valence-corrected chi connectivity index (χ1v) is 6.74. The van der Waals surface area contributed by atoms with Gasteiger partial charge in [0, 0.05) is 11.8 Å². The average molecular weight is 306 g/mol. The molecule has 0 aliphatic rings. The fraction of sp³-hybridized carbons (Fsp3) is 0.188. The standard InChI is InChI=1S/C16H16F2N2O2/c1-11-2-5-13(6-3-11)22-9-8-19-16(21)20-12-4-7-14(17)15(18)10-12/h2-7,10H,8-9H2,1H3,(H2,19,20,21). The molecule has 2 aromatic carbocycles. The van der Waals surface area contributed by atoms with E-state index in [2.05, 4.69) is 10.6 Å². The van der Waals surface area contributed by atoms with Crippen molar-refractivity contribution in [1.29, 1.82) is 0 Å². The molecule has 2 aromatic rings. The van der Waals surface area contributed by atoms with Gasteiger partial charge in [0.15, 0.2) is 11.6 Å². The van der Waals surface area contributed by atoms with Gasteiger partial charge in [-0.3, -0.25) is 0 Å². The third-order valence-electron chi connectivity index (χ3n) is 2.85. The van der Waals surface area contributed by atoms with Gasteiger partial charge >= 0.3 is 6.03 Å². The van der Waals surface area contributed by atoms with Crippen molar-refractivity contribution in [3.63, 3.8) is 0 Å². The molecule has 22 heavy (non-hydrogen) atoms. The molecule has 0 saturated heterocycles. The van der Waals surface area contributed by atoms with E-state index in [0.29, 0.717) is 12.4 Å². The van der Waals surface area contributed by atoms with E-state index in [1.165, 1.54) is 6.07 Å². The quantitative estimate of drug-likeness (QED) is 0.831. The molecule has 0 aliphatic carbocycles. The minimum atomic E-state index is -1.01. The van der Waals surface area contributed by atoms with Crippen LogP contribution < -0.4 is 15.4 Å². The molecule has 0 atom stereocenters. The van der Waals surface area contributed by atoms with Gasteiger partial charge in [0.25, 0.3) is 0 Å². The molecule has 0 bridgehead atoms. The van der Waals surface area contributed by atoms with E-state index in [1.54, 1.807) is 0 Å². The van der Waals surface area contributed by atoms with E-state index in [1.807, 2.05) is 31.2 Å². The number of benzene rings is 2. The van der Waals surface area contributed by atoms with Crippen molar-refractivity contribution in [3.05, 3.63) is 59.7 Å². The maximum atomic E-state index is 13.0. The summed E-state index contributed by atoms with van der Waals surface area (Å²) in [7, 11) is 0. The molecule has 0 fully saturated rings. The molecule has 0 radical (unpaired) electrons. The lowest BCUT2D eigenvalue weighted by Gasteiger charge is -2.09. The minimum Gasteiger partial charge on any atom is -0.492 e. The second-order valence-corrected chi connectivity index (χ2v) is 4.67. The number of carbonyl (C=O) groups is 1. The van der Waals surface area contributed by atoms with Crippen LogP contribution in [-0.4, -0.2) is 19.2 Å². The van der Waals surface area contributed by atoms with Crippen LogP contribution in [0.1, 0.15) is 5.56 Å². The highest BCUT2D eigenvalue weighted by molar-refractivity contribution is 5.89. The van der Waals surface area contributed by atoms with E-state index < -0.39 is 17.7 Å². The summed E-state index contributed by atoms with van der Waals surface area (Å²) in [5, 5.41) is 4.96. The zero-order valence-electron chi connectivity index (χ0n) is 12.0. The number of ether oxygens (including phenoxy) is 1. The van der Waals surface area contributed by atoms with Gasteiger partial charge < -0.3 is 15.4 Å². The molecule has 4 nitrogen and oxygen atoms in total. The summed E-state index contributed by atoms with van der Waals surface area (Å²) in [5.41, 5.74) is 1.31. The lowest BCUT2D eigenvalue weighted by Crippen LogP contribution is -2.32. The van der Waals surface area contributed by atoms with Crippen molar-refractivity contribution in [1.82, 2.24) is 5.32 Å². The fourth-order valence-electron chi connectivity index (χ4n) is 1.72. The number of urea groups is 1. The average Bonchev–Trinajstić information content (AvgIpc) is 2.49. The maximum Gasteiger partial charge on any atom is 0.319 e. The number of anilines is 1. The molecule has 0 spiro atoms. The SMILES string of the molecule is Cc1ccc(OCCNC(=O)Nc2ccc(F)c(F)c2)cc1. The lowest BCUT2D eigenvalue weighted by molar-refractivity contribution is 0.247. The Morgan fingerprint density at radius 2 is 1.82 bits per heavy atom. The van der Waals surface area contributed by atoms with Crippen molar-refractivity contribution in [3.8, 4) is 5.75 Å². The van der Waals surface area contributed by atoms with Crippen LogP contribution in [0.3, 0.4) is 0 Å². The monoisotopic (exact) mass is 306 g/mol. The molecule has 2 N–H and O–H groups in total. The Bertz CT molecular complexity index is 645. The van der Waals surface area contributed by atoms with Crippen LogP contribution in [0.15, 0.2) is 42.5 Å². The summed E-state index contributed by atoms with van der Waals surface area (Å²) in [6, 6.07) is 10.2. The van der Waals surface area contributed by atoms with Gasteiger partial charge in [-0.2, -0.15) is 0 Å². The number of rotatable bonds is 5. The summed E-state index contributed by atoms with van der Waals surface area (Å²) < 4.78 is 31.2. The predicted molar refractivity (Wildman–Crippen MR) is 80.1 cm³/mol. The highest BCUT2D eigenvalue weighted by atomic mass is 19.2. The van der Waals surface area contributed by atoms with Crippen molar-refractivity contribution in [2.75, 3.05) is 18.5 Å². The van der Waals surface area contributed by atoms with Crippen LogP contribution in [0.2, 0.25) is 0 Å². The third kappa shape index (κ3) is 4.73. The molecule has 116 valence electrons. The van der Waals surface area contributed by atoms with Crippen molar-refractivity contribution in [2.45, 2.75) is 6.92 Å². The van der Waals surface area contributed by atoms with Gasteiger partial charge in [-0.25, -0.2) is 13.6 Å². The van der Waals surface area contributed by atoms with Crippen LogP contribution in [0, 0.1) is 18.6 Å². The van der Waals surface area contributed by atoms with Gasteiger partial charge in [0.05, 0.1) is 6.54 Å². The lowest BCUT2D eigenvalue weighted by atomic mass is 10.2. The molecule has 0 unspecified atom stereocenters. The molecule has 0 heterocycles. The molecule has 2 amide bonds. The van der Waals surface area contributed by atoms with E-state index in [0.717, 1.165) is 17.7 Å². The van der Waals surface area contributed by atoms with E-state index in [-0.39, 0.29) is 12.2 Å². The van der Waals surface area contributed by atoms with E-state index >= 15 is 0 Å². The number of hydrogen-bond donors (Lipinski definition) is 2. The number of aryl methyl sites for hydroxylation is 1. The molecular weight excluding hydrogens is 290 g/mol. The minimum absolute atomic E-state index is 0.177. The van der Waals surface area contributed by atoms with Crippen LogP contribution in [0.25, 0.3) is 0 Å². The van der Waals surface area contributed by atoms with Gasteiger partial charge in [-0.15, -0.1) is 0 Å². The molecule has 0 aliphatic heterocycles. The Hall–Kier alpha value is -2.63. The molecule has 0 saturated carbocycles. The Morgan fingerprint density at radius 3 is 2.50 bits per heavy atom. The first kappa shape index (κ1) is 15.8. The summed E-state index contributed by atoms with van der Waals surface area (Å²) in [6.45, 7) is 2.56. The normalized spacial score (nSPS) is 10.1. The fourth-order valence-corrected chi connectivity index (χ4v) is 1.72. The summed E-state index contributed by atoms with van der Waals surface area (Å²) in [4.78, 5) is 11.6. The Balaban J connectivity index is 1.71. The van der Waals surface area contributed by atoms with E-state index in [4.69, 9.17) is 4.74 Å². The van der Waals surface area contributed by atoms with Crippen LogP contribution in [-0.2, 0) is 0 Å². The molecule has 0 aromatic heterocycles. The van der Waals surface area contributed by atoms with Gasteiger partial charge in [0.2, 0.25) is 0 Å². The molecular formula is C16H16F2N2O2. The zero-order valence-corrected chi connectivity index (χ0v) is 12.0. The third-order valence-corrected chi connectivity index (χ3v) is 2.85. The Labute approximate surface area is 127 Å². The summed E-state index contributed by atoms with van der Waals surface area (Å²) >= 11 is 0. The Kier molecular flexibility index (Phi) is 5.30. The Morgan fingerprint density at radius 1 is 1.09 bits per heavy atom. The molecule has 2 rings (SSSR count). The molecule has 6 heteroatoms. The maximum absolute atomic E-state index is 13.0.